The molecule has 0 unspecified atom stereocenters. The van der Waals surface area contributed by atoms with Gasteiger partial charge in [-0.15, -0.1) is 0 Å². The van der Waals surface area contributed by atoms with Crippen molar-refractivity contribution in [3.05, 3.63) is 28.4 Å². The maximum absolute atomic E-state index is 4.63. The van der Waals surface area contributed by atoms with Gasteiger partial charge in [-0.05, 0) is 31.0 Å². The van der Waals surface area contributed by atoms with Crippen LogP contribution in [0.15, 0.2) is 22.7 Å². The number of hydrogen-bond donors (Lipinski definition) is 0. The van der Waals surface area contributed by atoms with E-state index in [1.165, 1.54) is 16.6 Å². The molecular weight excluding hydrogens is 252 g/mol. The second-order valence-electron chi connectivity index (χ2n) is 3.68. The number of nitrogens with zero attached hydrogens (tertiary/aromatic N) is 2. The molecule has 2 nitrogen and oxygen atoms in total. The first-order valence-corrected chi connectivity index (χ1v) is 6.20. The van der Waals surface area contributed by atoms with Gasteiger partial charge in [0.25, 0.3) is 0 Å². The van der Waals surface area contributed by atoms with E-state index < -0.39 is 0 Å². The van der Waals surface area contributed by atoms with E-state index in [0.29, 0.717) is 0 Å². The maximum atomic E-state index is 4.63. The lowest BCUT2D eigenvalue weighted by molar-refractivity contribution is 0.613. The Morgan fingerprint density at radius 3 is 2.80 bits per heavy atom. The molecule has 0 spiro atoms. The first kappa shape index (κ1) is 10.7. The highest BCUT2D eigenvalue weighted by atomic mass is 79.9. The molecule has 80 valence electrons. The fraction of sp³-hybridized carbons (Fsp3) is 0.417. The second-order valence-corrected chi connectivity index (χ2v) is 4.60. The molecule has 0 N–H and O–H groups in total. The first-order valence-electron chi connectivity index (χ1n) is 5.41. The van der Waals surface area contributed by atoms with Gasteiger partial charge in [-0.25, -0.2) is 0 Å². The third-order valence-electron chi connectivity index (χ3n) is 2.56. The monoisotopic (exact) mass is 266 g/mol. The van der Waals surface area contributed by atoms with Crippen LogP contribution in [0.2, 0.25) is 0 Å². The van der Waals surface area contributed by atoms with Crippen LogP contribution < -0.4 is 0 Å². The predicted molar refractivity (Wildman–Crippen MR) is 67.1 cm³/mol. The molecule has 0 saturated heterocycles. The Morgan fingerprint density at radius 2 is 2.13 bits per heavy atom. The maximum Gasteiger partial charge on any atom is 0.0700 e. The minimum atomic E-state index is 0.993. The van der Waals surface area contributed by atoms with Crippen LogP contribution in [-0.2, 0) is 13.0 Å². The number of halogens is 1. The molecule has 2 rings (SSSR count). The number of fused-ring (bicyclic) bond motifs is 1. The summed E-state index contributed by atoms with van der Waals surface area (Å²) in [4.78, 5) is 0. The van der Waals surface area contributed by atoms with Crippen molar-refractivity contribution in [3.63, 3.8) is 0 Å². The van der Waals surface area contributed by atoms with Gasteiger partial charge in [0.05, 0.1) is 11.2 Å². The molecule has 1 heterocycles. The van der Waals surface area contributed by atoms with Gasteiger partial charge in [-0.1, -0.05) is 29.8 Å². The van der Waals surface area contributed by atoms with Crippen LogP contribution in [0.3, 0.4) is 0 Å². The minimum absolute atomic E-state index is 0.993. The Labute approximate surface area is 98.4 Å². The third-order valence-corrected chi connectivity index (χ3v) is 3.05. The minimum Gasteiger partial charge on any atom is -0.265 e. The molecule has 1 aromatic heterocycles. The van der Waals surface area contributed by atoms with Crippen molar-refractivity contribution in [1.82, 2.24) is 9.78 Å². The second kappa shape index (κ2) is 4.35. The van der Waals surface area contributed by atoms with Gasteiger partial charge in [-0.2, -0.15) is 5.10 Å². The number of aryl methyl sites for hydroxylation is 2. The first-order chi connectivity index (χ1) is 7.26. The summed E-state index contributed by atoms with van der Waals surface area (Å²) in [5.41, 5.74) is 2.44. The summed E-state index contributed by atoms with van der Waals surface area (Å²) in [5.74, 6) is 0. The highest BCUT2D eigenvalue weighted by Gasteiger charge is 2.08. The number of hydrogen-bond acceptors (Lipinski definition) is 1. The van der Waals surface area contributed by atoms with E-state index in [4.69, 9.17) is 0 Å². The summed E-state index contributed by atoms with van der Waals surface area (Å²) in [7, 11) is 0. The predicted octanol–water partition coefficient (Wildman–Crippen LogP) is 3.77. The zero-order valence-corrected chi connectivity index (χ0v) is 10.7. The molecule has 0 aliphatic carbocycles. The van der Waals surface area contributed by atoms with Crippen molar-refractivity contribution < 1.29 is 0 Å². The van der Waals surface area contributed by atoms with Crippen molar-refractivity contribution in [3.8, 4) is 0 Å². The van der Waals surface area contributed by atoms with Crippen LogP contribution >= 0.6 is 15.9 Å². The summed E-state index contributed by atoms with van der Waals surface area (Å²) in [6.45, 7) is 5.32. The Morgan fingerprint density at radius 1 is 1.33 bits per heavy atom. The third kappa shape index (κ3) is 1.93. The van der Waals surface area contributed by atoms with Crippen molar-refractivity contribution in [1.29, 1.82) is 0 Å². The van der Waals surface area contributed by atoms with Gasteiger partial charge in [0.2, 0.25) is 0 Å². The average molecular weight is 267 g/mol. The summed E-state index contributed by atoms with van der Waals surface area (Å²) >= 11 is 3.51. The molecule has 0 amide bonds. The molecule has 1 aromatic carbocycles. The summed E-state index contributed by atoms with van der Waals surface area (Å²) in [6.07, 6.45) is 2.11. The molecule has 0 saturated carbocycles. The molecule has 0 radical (unpaired) electrons. The smallest absolute Gasteiger partial charge is 0.0700 e. The molecule has 0 fully saturated rings. The Balaban J connectivity index is 2.64. The highest BCUT2D eigenvalue weighted by Crippen LogP contribution is 2.23. The largest absolute Gasteiger partial charge is 0.265 e. The van der Waals surface area contributed by atoms with E-state index in [-0.39, 0.29) is 0 Å². The SMILES string of the molecule is CCCn1nc(CC)c2ccc(Br)cc21. The fourth-order valence-corrected chi connectivity index (χ4v) is 2.21. The van der Waals surface area contributed by atoms with Crippen LogP contribution in [0.5, 0.6) is 0 Å². The molecule has 0 aliphatic rings. The molecular formula is C12H15BrN2. The number of rotatable bonds is 3. The molecule has 2 aromatic rings. The van der Waals surface area contributed by atoms with Crippen LogP contribution in [0.4, 0.5) is 0 Å². The van der Waals surface area contributed by atoms with Gasteiger partial charge in [0.15, 0.2) is 0 Å². The van der Waals surface area contributed by atoms with Gasteiger partial charge in [0, 0.05) is 16.4 Å². The van der Waals surface area contributed by atoms with E-state index in [1.54, 1.807) is 0 Å². The van der Waals surface area contributed by atoms with Gasteiger partial charge < -0.3 is 0 Å². The standard InChI is InChI=1S/C12H15BrN2/c1-3-7-15-12-8-9(13)5-6-10(12)11(4-2)14-15/h5-6,8H,3-4,7H2,1-2H3. The van der Waals surface area contributed by atoms with E-state index in [9.17, 15) is 0 Å². The molecule has 3 heteroatoms. The van der Waals surface area contributed by atoms with Crippen LogP contribution in [0.25, 0.3) is 10.9 Å². The number of benzene rings is 1. The van der Waals surface area contributed by atoms with Crippen molar-refractivity contribution >= 4 is 26.8 Å². The number of aromatic nitrogens is 2. The molecule has 0 aliphatic heterocycles. The van der Waals surface area contributed by atoms with Crippen molar-refractivity contribution in [2.75, 3.05) is 0 Å². The molecule has 15 heavy (non-hydrogen) atoms. The summed E-state index contributed by atoms with van der Waals surface area (Å²) < 4.78 is 3.23. The van der Waals surface area contributed by atoms with E-state index in [0.717, 1.165) is 23.9 Å². The molecule has 0 atom stereocenters. The van der Waals surface area contributed by atoms with Crippen LogP contribution in [0.1, 0.15) is 26.0 Å². The Hall–Kier alpha value is -0.830. The van der Waals surface area contributed by atoms with Gasteiger partial charge >= 0.3 is 0 Å². The Bertz CT molecular complexity index is 474. The van der Waals surface area contributed by atoms with E-state index in [1.807, 2.05) is 0 Å². The zero-order chi connectivity index (χ0) is 10.8. The molecule has 0 bridgehead atoms. The summed E-state index contributed by atoms with van der Waals surface area (Å²) in [5, 5.41) is 5.92. The highest BCUT2D eigenvalue weighted by molar-refractivity contribution is 9.10. The van der Waals surface area contributed by atoms with Crippen LogP contribution in [0, 0.1) is 0 Å². The van der Waals surface area contributed by atoms with Gasteiger partial charge in [0.1, 0.15) is 0 Å². The fourth-order valence-electron chi connectivity index (χ4n) is 1.86. The topological polar surface area (TPSA) is 17.8 Å². The average Bonchev–Trinajstić information content (AvgIpc) is 2.57. The van der Waals surface area contributed by atoms with Gasteiger partial charge in [-0.3, -0.25) is 4.68 Å². The van der Waals surface area contributed by atoms with Crippen molar-refractivity contribution in [2.24, 2.45) is 0 Å². The van der Waals surface area contributed by atoms with E-state index in [2.05, 4.69) is 57.8 Å². The quantitative estimate of drug-likeness (QED) is 0.827. The lowest BCUT2D eigenvalue weighted by atomic mass is 10.2. The lowest BCUT2D eigenvalue weighted by Crippen LogP contribution is -1.99. The lowest BCUT2D eigenvalue weighted by Gasteiger charge is -2.00. The summed E-state index contributed by atoms with van der Waals surface area (Å²) in [6, 6.07) is 6.38. The Kier molecular flexibility index (Phi) is 3.10. The van der Waals surface area contributed by atoms with E-state index >= 15 is 0 Å². The normalized spacial score (nSPS) is 11.1. The zero-order valence-electron chi connectivity index (χ0n) is 9.13. The van der Waals surface area contributed by atoms with Crippen molar-refractivity contribution in [2.45, 2.75) is 33.2 Å². The van der Waals surface area contributed by atoms with Crippen LogP contribution in [-0.4, -0.2) is 9.78 Å².